The highest BCUT2D eigenvalue weighted by Gasteiger charge is 2.01. The van der Waals surface area contributed by atoms with Gasteiger partial charge in [0.1, 0.15) is 18.2 Å². The molecule has 6 heteroatoms. The first-order valence-electron chi connectivity index (χ1n) is 7.25. The molecular formula is C18H15N3O3. The molecule has 0 fully saturated rings. The minimum atomic E-state index is -0.503. The van der Waals surface area contributed by atoms with E-state index in [1.807, 2.05) is 30.3 Å². The fourth-order valence-corrected chi connectivity index (χ4v) is 1.80. The van der Waals surface area contributed by atoms with Crippen molar-refractivity contribution >= 4 is 6.09 Å². The van der Waals surface area contributed by atoms with Crippen LogP contribution < -0.4 is 10.9 Å². The number of nitrogens with zero attached hydrogens (tertiary/aromatic N) is 1. The Kier molecular flexibility index (Phi) is 6.19. The molecule has 0 aliphatic heterocycles. The Hall–Kier alpha value is -3.51. The summed E-state index contributed by atoms with van der Waals surface area (Å²) < 4.78 is 5.06. The van der Waals surface area contributed by atoms with Gasteiger partial charge in [0.05, 0.1) is 0 Å². The molecule has 0 saturated heterocycles. The number of nitriles is 1. The normalized spacial score (nSPS) is 9.29. The number of ether oxygens (including phenoxy) is 1. The van der Waals surface area contributed by atoms with Gasteiger partial charge in [-0.1, -0.05) is 42.2 Å². The number of aromatic nitrogens is 1. The van der Waals surface area contributed by atoms with Gasteiger partial charge in [0, 0.05) is 24.7 Å². The summed E-state index contributed by atoms with van der Waals surface area (Å²) in [5.74, 6) is 5.66. The molecule has 6 nitrogen and oxygen atoms in total. The van der Waals surface area contributed by atoms with Crippen LogP contribution in [0.4, 0.5) is 4.79 Å². The maximum Gasteiger partial charge on any atom is 0.407 e. The van der Waals surface area contributed by atoms with Gasteiger partial charge in [-0.15, -0.1) is 0 Å². The highest BCUT2D eigenvalue weighted by Crippen LogP contribution is 2.00. The largest absolute Gasteiger partial charge is 0.445 e. The summed E-state index contributed by atoms with van der Waals surface area (Å²) in [6.07, 6.45) is 1.36. The average Bonchev–Trinajstić information content (AvgIpc) is 2.62. The number of hydrogen-bond donors (Lipinski definition) is 2. The minimum Gasteiger partial charge on any atom is -0.445 e. The number of amides is 1. The van der Waals surface area contributed by atoms with E-state index in [1.165, 1.54) is 12.3 Å². The number of hydrogen-bond acceptors (Lipinski definition) is 4. The molecule has 2 rings (SSSR count). The fraction of sp³-hybridized carbons (Fsp3) is 0.167. The Bertz CT molecular complexity index is 855. The molecule has 2 N–H and O–H groups in total. The van der Waals surface area contributed by atoms with Crippen LogP contribution in [-0.4, -0.2) is 17.6 Å². The number of carbonyl (C=O) groups excluding carboxylic acids is 1. The Morgan fingerprint density at radius 2 is 2.08 bits per heavy atom. The van der Waals surface area contributed by atoms with Crippen molar-refractivity contribution in [3.05, 3.63) is 69.6 Å². The van der Waals surface area contributed by atoms with Crippen molar-refractivity contribution in [1.82, 2.24) is 10.3 Å². The second kappa shape index (κ2) is 8.82. The van der Waals surface area contributed by atoms with Gasteiger partial charge in [0.15, 0.2) is 0 Å². The molecule has 0 spiro atoms. The zero-order valence-electron chi connectivity index (χ0n) is 12.8. The summed E-state index contributed by atoms with van der Waals surface area (Å²) in [4.78, 5) is 25.2. The molecule has 1 heterocycles. The van der Waals surface area contributed by atoms with E-state index in [2.05, 4.69) is 22.1 Å². The molecule has 0 unspecified atom stereocenters. The second-order valence-electron chi connectivity index (χ2n) is 4.78. The first-order chi connectivity index (χ1) is 11.7. The van der Waals surface area contributed by atoms with Crippen LogP contribution in [0, 0.1) is 23.2 Å². The van der Waals surface area contributed by atoms with E-state index >= 15 is 0 Å². The van der Waals surface area contributed by atoms with Crippen molar-refractivity contribution in [2.75, 3.05) is 6.54 Å². The number of pyridine rings is 1. The van der Waals surface area contributed by atoms with E-state index in [4.69, 9.17) is 10.00 Å². The van der Waals surface area contributed by atoms with Gasteiger partial charge in [-0.2, -0.15) is 5.26 Å². The molecule has 0 saturated carbocycles. The molecule has 0 atom stereocenters. The van der Waals surface area contributed by atoms with Crippen LogP contribution in [0.25, 0.3) is 0 Å². The first-order valence-corrected chi connectivity index (χ1v) is 7.25. The Morgan fingerprint density at radius 3 is 2.83 bits per heavy atom. The fourth-order valence-electron chi connectivity index (χ4n) is 1.80. The lowest BCUT2D eigenvalue weighted by atomic mass is 10.2. The van der Waals surface area contributed by atoms with Gasteiger partial charge in [0.2, 0.25) is 0 Å². The van der Waals surface area contributed by atoms with Gasteiger partial charge in [0.25, 0.3) is 5.56 Å². The Morgan fingerprint density at radius 1 is 1.29 bits per heavy atom. The summed E-state index contributed by atoms with van der Waals surface area (Å²) in [5.41, 5.74) is 1.03. The molecule has 1 aromatic carbocycles. The molecule has 0 aliphatic carbocycles. The van der Waals surface area contributed by atoms with Crippen LogP contribution in [0.5, 0.6) is 0 Å². The van der Waals surface area contributed by atoms with Crippen molar-refractivity contribution in [3.63, 3.8) is 0 Å². The average molecular weight is 321 g/mol. The number of rotatable bonds is 4. The molecule has 2 aromatic rings. The third kappa shape index (κ3) is 5.36. The van der Waals surface area contributed by atoms with Crippen LogP contribution in [0.2, 0.25) is 0 Å². The van der Waals surface area contributed by atoms with Crippen LogP contribution >= 0.6 is 0 Å². The van der Waals surface area contributed by atoms with Gasteiger partial charge in [-0.05, 0) is 11.6 Å². The van der Waals surface area contributed by atoms with Crippen LogP contribution in [-0.2, 0) is 11.3 Å². The highest BCUT2D eigenvalue weighted by atomic mass is 16.5. The molecule has 120 valence electrons. The SMILES string of the molecule is N#Cc1cc(C#CCCNC(=O)OCc2ccccc2)c[nH]c1=O. The lowest BCUT2D eigenvalue weighted by molar-refractivity contribution is 0.140. The lowest BCUT2D eigenvalue weighted by Crippen LogP contribution is -2.24. The van der Waals surface area contributed by atoms with Crippen LogP contribution in [0.1, 0.15) is 23.1 Å². The number of aromatic amines is 1. The maximum atomic E-state index is 11.5. The van der Waals surface area contributed by atoms with Crippen LogP contribution in [0.3, 0.4) is 0 Å². The van der Waals surface area contributed by atoms with Crippen molar-refractivity contribution in [1.29, 1.82) is 5.26 Å². The third-order valence-electron chi connectivity index (χ3n) is 2.99. The predicted molar refractivity (Wildman–Crippen MR) is 87.9 cm³/mol. The molecule has 0 radical (unpaired) electrons. The van der Waals surface area contributed by atoms with Crippen LogP contribution in [0.15, 0.2) is 47.4 Å². The second-order valence-corrected chi connectivity index (χ2v) is 4.78. The van der Waals surface area contributed by atoms with Gasteiger partial charge in [-0.25, -0.2) is 4.79 Å². The minimum absolute atomic E-state index is 0.0180. The Labute approximate surface area is 139 Å². The third-order valence-corrected chi connectivity index (χ3v) is 2.99. The number of H-pyrrole nitrogens is 1. The van der Waals surface area contributed by atoms with Crippen molar-refractivity contribution in [2.45, 2.75) is 13.0 Å². The van der Waals surface area contributed by atoms with Crippen molar-refractivity contribution in [3.8, 4) is 17.9 Å². The van der Waals surface area contributed by atoms with Gasteiger partial charge < -0.3 is 15.0 Å². The molecule has 1 amide bonds. The summed E-state index contributed by atoms with van der Waals surface area (Å²) >= 11 is 0. The van der Waals surface area contributed by atoms with E-state index in [0.29, 0.717) is 18.5 Å². The van der Waals surface area contributed by atoms with Crippen molar-refractivity contribution < 1.29 is 9.53 Å². The summed E-state index contributed by atoms with van der Waals surface area (Å²) in [6, 6.07) is 12.6. The smallest absolute Gasteiger partial charge is 0.407 e. The number of carbonyl (C=O) groups is 1. The summed E-state index contributed by atoms with van der Waals surface area (Å²) in [5, 5.41) is 11.4. The van der Waals surface area contributed by atoms with E-state index in [0.717, 1.165) is 5.56 Å². The molecule has 0 aliphatic rings. The number of alkyl carbamates (subject to hydrolysis) is 1. The maximum absolute atomic E-state index is 11.5. The van der Waals surface area contributed by atoms with E-state index in [9.17, 15) is 9.59 Å². The lowest BCUT2D eigenvalue weighted by Gasteiger charge is -2.05. The highest BCUT2D eigenvalue weighted by molar-refractivity contribution is 5.67. The molecule has 0 bridgehead atoms. The quantitative estimate of drug-likeness (QED) is 0.664. The first kappa shape index (κ1) is 16.9. The molecule has 1 aromatic heterocycles. The Balaban J connectivity index is 1.72. The zero-order chi connectivity index (χ0) is 17.2. The van der Waals surface area contributed by atoms with Gasteiger partial charge >= 0.3 is 6.09 Å². The van der Waals surface area contributed by atoms with E-state index in [1.54, 1.807) is 6.07 Å². The monoisotopic (exact) mass is 321 g/mol. The number of nitrogens with one attached hydrogen (secondary N) is 2. The summed E-state index contributed by atoms with van der Waals surface area (Å²) in [6.45, 7) is 0.557. The molecular weight excluding hydrogens is 306 g/mol. The topological polar surface area (TPSA) is 95.0 Å². The van der Waals surface area contributed by atoms with E-state index in [-0.39, 0.29) is 12.2 Å². The standard InChI is InChI=1S/C18H15N3O3/c19-11-16-10-15(12-21-17(16)22)8-4-5-9-20-18(23)24-13-14-6-2-1-3-7-14/h1-3,6-7,10,12H,5,9,13H2,(H,20,23)(H,21,22). The van der Waals surface area contributed by atoms with Gasteiger partial charge in [-0.3, -0.25) is 4.79 Å². The summed E-state index contributed by atoms with van der Waals surface area (Å²) in [7, 11) is 0. The van der Waals surface area contributed by atoms with Crippen molar-refractivity contribution in [2.24, 2.45) is 0 Å². The zero-order valence-corrected chi connectivity index (χ0v) is 12.8. The predicted octanol–water partition coefficient (Wildman–Crippen LogP) is 1.91. The number of benzene rings is 1. The van der Waals surface area contributed by atoms with E-state index < -0.39 is 11.7 Å². The molecule has 24 heavy (non-hydrogen) atoms.